The minimum Gasteiger partial charge on any atom is -0.480 e. The average molecular weight is 505 g/mol. The monoisotopic (exact) mass is 504 g/mol. The molecule has 0 aliphatic carbocycles. The molecule has 4 amide bonds. The number of nitrogens with one attached hydrogen (secondary N) is 3. The molecule has 0 heterocycles. The predicted molar refractivity (Wildman–Crippen MR) is 128 cm³/mol. The van der Waals surface area contributed by atoms with E-state index >= 15 is 0 Å². The summed E-state index contributed by atoms with van der Waals surface area (Å²) in [7, 11) is 0. The molecule has 12 N–H and O–H groups in total. The fraction of sp³-hybridized carbons (Fsp3) is 0.684. The number of aliphatic carboxylic acids is 1. The van der Waals surface area contributed by atoms with Gasteiger partial charge in [-0.05, 0) is 25.2 Å². The molecule has 0 aromatic heterocycles. The van der Waals surface area contributed by atoms with Crippen LogP contribution in [0, 0.1) is 5.92 Å². The van der Waals surface area contributed by atoms with Gasteiger partial charge in [0, 0.05) is 18.7 Å². The van der Waals surface area contributed by atoms with Gasteiger partial charge in [0.1, 0.15) is 18.1 Å². The van der Waals surface area contributed by atoms with E-state index in [-0.39, 0.29) is 43.4 Å². The average Bonchev–Trinajstić information content (AvgIpc) is 2.75. The molecule has 0 aliphatic heterocycles. The lowest BCUT2D eigenvalue weighted by molar-refractivity contribution is -0.141. The number of aliphatic imine (C=N–C) groups is 1. The Morgan fingerprint density at radius 3 is 1.82 bits per heavy atom. The van der Waals surface area contributed by atoms with E-state index in [1.54, 1.807) is 13.8 Å². The first-order valence-corrected chi connectivity index (χ1v) is 11.3. The van der Waals surface area contributed by atoms with Crippen molar-refractivity contribution in [3.63, 3.8) is 0 Å². The number of carboxylic acids is 1. The van der Waals surface area contributed by atoms with E-state index in [2.05, 4.69) is 33.6 Å². The number of nitrogens with zero attached hydrogens (tertiary/aromatic N) is 1. The first-order valence-electron chi connectivity index (χ1n) is 10.6. The lowest BCUT2D eigenvalue weighted by atomic mass is 10.0. The molecule has 0 spiro atoms. The highest BCUT2D eigenvalue weighted by atomic mass is 32.1. The fourth-order valence-corrected chi connectivity index (χ4v) is 2.88. The Labute approximate surface area is 203 Å². The van der Waals surface area contributed by atoms with E-state index in [0.717, 1.165) is 0 Å². The lowest BCUT2D eigenvalue weighted by Crippen LogP contribution is -2.57. The summed E-state index contributed by atoms with van der Waals surface area (Å²) in [6, 6.07) is -4.59. The minimum atomic E-state index is -1.32. The van der Waals surface area contributed by atoms with E-state index < -0.39 is 53.8 Å². The second kappa shape index (κ2) is 15.7. The van der Waals surface area contributed by atoms with Gasteiger partial charge in [0.15, 0.2) is 5.96 Å². The van der Waals surface area contributed by atoms with Gasteiger partial charge in [0.2, 0.25) is 23.6 Å². The van der Waals surface area contributed by atoms with Crippen LogP contribution < -0.4 is 38.9 Å². The van der Waals surface area contributed by atoms with Crippen LogP contribution in [0.25, 0.3) is 0 Å². The van der Waals surface area contributed by atoms with Gasteiger partial charge in [0.25, 0.3) is 0 Å². The van der Waals surface area contributed by atoms with Crippen LogP contribution in [-0.4, -0.2) is 77.1 Å². The molecule has 194 valence electrons. The Balaban J connectivity index is 5.58. The van der Waals surface area contributed by atoms with Crippen LogP contribution in [-0.2, 0) is 24.0 Å². The number of guanidine groups is 1. The van der Waals surface area contributed by atoms with E-state index in [0.29, 0.717) is 6.42 Å². The molecule has 0 saturated heterocycles. The maximum atomic E-state index is 13.0. The highest BCUT2D eigenvalue weighted by molar-refractivity contribution is 7.80. The van der Waals surface area contributed by atoms with Gasteiger partial charge in [-0.15, -0.1) is 0 Å². The van der Waals surface area contributed by atoms with E-state index in [1.807, 2.05) is 0 Å². The Morgan fingerprint density at radius 1 is 0.882 bits per heavy atom. The van der Waals surface area contributed by atoms with Crippen molar-refractivity contribution in [2.24, 2.45) is 33.8 Å². The Morgan fingerprint density at radius 2 is 1.38 bits per heavy atom. The second-order valence-corrected chi connectivity index (χ2v) is 8.29. The first-order chi connectivity index (χ1) is 15.8. The molecule has 0 bridgehead atoms. The van der Waals surface area contributed by atoms with Gasteiger partial charge < -0.3 is 44.0 Å². The third-order valence-electron chi connectivity index (χ3n) is 4.71. The zero-order valence-corrected chi connectivity index (χ0v) is 20.2. The van der Waals surface area contributed by atoms with Gasteiger partial charge in [-0.3, -0.25) is 24.2 Å². The SMILES string of the molecule is CC(C)C(N)C(=O)NC(CCCN=C(N)N)C(=O)NC(CCC(N)=O)C(=O)NC(CS)C(=O)O. The summed E-state index contributed by atoms with van der Waals surface area (Å²) in [6.45, 7) is 3.66. The third-order valence-corrected chi connectivity index (χ3v) is 5.07. The topological polar surface area (TPSA) is 258 Å². The molecule has 4 unspecified atom stereocenters. The molecule has 15 heteroatoms. The van der Waals surface area contributed by atoms with Crippen LogP contribution in [0.3, 0.4) is 0 Å². The molecule has 4 atom stereocenters. The van der Waals surface area contributed by atoms with Crippen LogP contribution in [0.15, 0.2) is 4.99 Å². The number of nitrogens with two attached hydrogens (primary N) is 4. The predicted octanol–water partition coefficient (Wildman–Crippen LogP) is -3.24. The van der Waals surface area contributed by atoms with Crippen molar-refractivity contribution in [3.8, 4) is 0 Å². The number of amides is 4. The summed E-state index contributed by atoms with van der Waals surface area (Å²) >= 11 is 3.88. The van der Waals surface area contributed by atoms with Crippen LogP contribution >= 0.6 is 12.6 Å². The molecule has 0 aliphatic rings. The Hall–Kier alpha value is -3.07. The zero-order valence-electron chi connectivity index (χ0n) is 19.3. The second-order valence-electron chi connectivity index (χ2n) is 7.93. The van der Waals surface area contributed by atoms with Crippen molar-refractivity contribution in [1.82, 2.24) is 16.0 Å². The maximum Gasteiger partial charge on any atom is 0.327 e. The number of rotatable bonds is 16. The highest BCUT2D eigenvalue weighted by Crippen LogP contribution is 2.06. The number of hydrogen-bond acceptors (Lipinski definition) is 8. The molecule has 0 fully saturated rings. The number of thiol groups is 1. The molecule has 0 aromatic carbocycles. The smallest absolute Gasteiger partial charge is 0.327 e. The van der Waals surface area contributed by atoms with Gasteiger partial charge >= 0.3 is 5.97 Å². The van der Waals surface area contributed by atoms with Crippen molar-refractivity contribution < 1.29 is 29.1 Å². The standard InChI is InChI=1S/C19H36N8O6S/c1-9(2)14(21)17(31)26-10(4-3-7-24-19(22)23)15(29)25-11(5-6-13(20)28)16(30)27-12(8-34)18(32)33/h9-12,14,34H,3-8,21H2,1-2H3,(H2,20,28)(H,25,29)(H,26,31)(H,27,30)(H,32,33)(H4,22,23,24). The molecular formula is C19H36N8O6S. The number of primary amides is 1. The summed E-state index contributed by atoms with van der Waals surface area (Å²) in [4.78, 5) is 64.3. The zero-order chi connectivity index (χ0) is 26.4. The number of carboxylic acid groups (broad SMARTS) is 1. The summed E-state index contributed by atoms with van der Waals surface area (Å²) in [5.74, 6) is -4.74. The summed E-state index contributed by atoms with van der Waals surface area (Å²) in [5.41, 5.74) is 21.6. The van der Waals surface area contributed by atoms with Crippen LogP contribution in [0.2, 0.25) is 0 Å². The van der Waals surface area contributed by atoms with Crippen molar-refractivity contribution in [2.45, 2.75) is 63.7 Å². The summed E-state index contributed by atoms with van der Waals surface area (Å²) in [6.07, 6.45) is -0.0213. The van der Waals surface area contributed by atoms with Crippen molar-refractivity contribution in [1.29, 1.82) is 0 Å². The van der Waals surface area contributed by atoms with Crippen LogP contribution in [0.5, 0.6) is 0 Å². The fourth-order valence-electron chi connectivity index (χ4n) is 2.63. The lowest BCUT2D eigenvalue weighted by Gasteiger charge is -2.25. The Bertz CT molecular complexity index is 759. The molecule has 34 heavy (non-hydrogen) atoms. The van der Waals surface area contributed by atoms with E-state index in [1.165, 1.54) is 0 Å². The van der Waals surface area contributed by atoms with Gasteiger partial charge in [0.05, 0.1) is 6.04 Å². The molecule has 0 rings (SSSR count). The number of hydrogen-bond donors (Lipinski definition) is 9. The number of carbonyl (C=O) groups excluding carboxylic acids is 4. The number of carbonyl (C=O) groups is 5. The Kier molecular flexibility index (Phi) is 14.3. The molecule has 0 aromatic rings. The maximum absolute atomic E-state index is 13.0. The van der Waals surface area contributed by atoms with Gasteiger partial charge in [-0.25, -0.2) is 4.79 Å². The van der Waals surface area contributed by atoms with E-state index in [9.17, 15) is 24.0 Å². The van der Waals surface area contributed by atoms with Crippen molar-refractivity contribution in [2.75, 3.05) is 12.3 Å². The van der Waals surface area contributed by atoms with Crippen LogP contribution in [0.1, 0.15) is 39.5 Å². The molecule has 0 radical (unpaired) electrons. The normalized spacial score (nSPS) is 14.3. The summed E-state index contributed by atoms with van der Waals surface area (Å²) in [5, 5.41) is 16.4. The van der Waals surface area contributed by atoms with E-state index in [4.69, 9.17) is 28.0 Å². The minimum absolute atomic E-state index is 0.109. The molecule has 14 nitrogen and oxygen atoms in total. The quantitative estimate of drug-likeness (QED) is 0.0442. The van der Waals surface area contributed by atoms with Crippen molar-refractivity contribution >= 4 is 48.2 Å². The highest BCUT2D eigenvalue weighted by Gasteiger charge is 2.30. The largest absolute Gasteiger partial charge is 0.480 e. The molecule has 0 saturated carbocycles. The van der Waals surface area contributed by atoms with Crippen LogP contribution in [0.4, 0.5) is 0 Å². The summed E-state index contributed by atoms with van der Waals surface area (Å²) < 4.78 is 0. The van der Waals surface area contributed by atoms with Gasteiger partial charge in [-0.2, -0.15) is 12.6 Å². The third kappa shape index (κ3) is 12.2. The first kappa shape index (κ1) is 30.9. The van der Waals surface area contributed by atoms with Crippen molar-refractivity contribution in [3.05, 3.63) is 0 Å². The molecular weight excluding hydrogens is 468 g/mol. The van der Waals surface area contributed by atoms with Gasteiger partial charge in [-0.1, -0.05) is 13.8 Å².